The zero-order chi connectivity index (χ0) is 13.0. The first-order valence-corrected chi connectivity index (χ1v) is 5.93. The van der Waals surface area contributed by atoms with E-state index in [1.165, 1.54) is 0 Å². The molecule has 1 aromatic heterocycles. The van der Waals surface area contributed by atoms with Gasteiger partial charge in [-0.2, -0.15) is 0 Å². The topological polar surface area (TPSA) is 95.5 Å². The van der Waals surface area contributed by atoms with Gasteiger partial charge in [0.2, 0.25) is 0 Å². The Kier molecular flexibility index (Phi) is 4.24. The number of aliphatic hydroxyl groups is 1. The second-order valence-corrected chi connectivity index (χ2v) is 4.31. The number of aromatic nitrogens is 1. The fourth-order valence-electron chi connectivity index (χ4n) is 2.09. The minimum absolute atomic E-state index is 0.00114. The summed E-state index contributed by atoms with van der Waals surface area (Å²) >= 11 is 0. The lowest BCUT2D eigenvalue weighted by Gasteiger charge is -2.34. The average Bonchev–Trinajstić information content (AvgIpc) is 2.40. The highest BCUT2D eigenvalue weighted by molar-refractivity contribution is 5.94. The molecule has 18 heavy (non-hydrogen) atoms. The summed E-state index contributed by atoms with van der Waals surface area (Å²) in [5, 5.41) is 16.8. The zero-order valence-electron chi connectivity index (χ0n) is 10.2. The summed E-state index contributed by atoms with van der Waals surface area (Å²) in [6.07, 6.45) is 1.63. The lowest BCUT2D eigenvalue weighted by atomic mass is 10.1. The minimum Gasteiger partial charge on any atom is -0.395 e. The Morgan fingerprint density at radius 3 is 3.22 bits per heavy atom. The van der Waals surface area contributed by atoms with Gasteiger partial charge < -0.3 is 15.6 Å². The van der Waals surface area contributed by atoms with Crippen LogP contribution in [0.3, 0.4) is 0 Å². The van der Waals surface area contributed by atoms with E-state index >= 15 is 0 Å². The van der Waals surface area contributed by atoms with Gasteiger partial charge in [0.05, 0.1) is 25.9 Å². The number of hydrogen-bond acceptors (Lipinski definition) is 5. The van der Waals surface area contributed by atoms with E-state index in [2.05, 4.69) is 9.88 Å². The Morgan fingerprint density at radius 2 is 2.50 bits per heavy atom. The maximum absolute atomic E-state index is 9.31. The highest BCUT2D eigenvalue weighted by atomic mass is 16.5. The van der Waals surface area contributed by atoms with Gasteiger partial charge in [0.25, 0.3) is 0 Å². The van der Waals surface area contributed by atoms with Gasteiger partial charge in [-0.1, -0.05) is 6.07 Å². The molecule has 1 unspecified atom stereocenters. The van der Waals surface area contributed by atoms with Gasteiger partial charge in [0, 0.05) is 19.3 Å². The second-order valence-electron chi connectivity index (χ2n) is 4.31. The molecular weight excluding hydrogens is 232 g/mol. The summed E-state index contributed by atoms with van der Waals surface area (Å²) in [7, 11) is 0. The molecule has 1 aromatic rings. The number of hydrogen-bond donors (Lipinski definition) is 3. The molecule has 0 amide bonds. The first-order chi connectivity index (χ1) is 8.72. The van der Waals surface area contributed by atoms with Gasteiger partial charge in [-0.25, -0.2) is 0 Å². The first kappa shape index (κ1) is 12.9. The summed E-state index contributed by atoms with van der Waals surface area (Å²) in [5.74, 6) is -0.0283. The van der Waals surface area contributed by atoms with Gasteiger partial charge in [-0.3, -0.25) is 15.3 Å². The van der Waals surface area contributed by atoms with Crippen LogP contribution in [-0.4, -0.2) is 53.2 Å². The summed E-state index contributed by atoms with van der Waals surface area (Å²) in [5.41, 5.74) is 6.94. The average molecular weight is 250 g/mol. The normalized spacial score (nSPS) is 20.8. The van der Waals surface area contributed by atoms with Crippen molar-refractivity contribution in [3.63, 3.8) is 0 Å². The molecular formula is C12H18N4O2. The van der Waals surface area contributed by atoms with Crippen molar-refractivity contribution in [2.75, 3.05) is 26.4 Å². The number of morpholine rings is 1. The maximum Gasteiger partial charge on any atom is 0.142 e. The van der Waals surface area contributed by atoms with Crippen molar-refractivity contribution in [2.24, 2.45) is 5.73 Å². The standard InChI is InChI=1S/C12H18N4O2/c13-12(14)11-9(2-1-3-15-11)6-16-4-5-18-8-10(16)7-17/h1-3,10,17H,4-8H2,(H3,13,14). The Balaban J connectivity index is 2.15. The van der Waals surface area contributed by atoms with Crippen molar-refractivity contribution in [1.29, 1.82) is 5.41 Å². The molecule has 0 aromatic carbocycles. The summed E-state index contributed by atoms with van der Waals surface area (Å²) in [6, 6.07) is 3.74. The van der Waals surface area contributed by atoms with Gasteiger partial charge in [0.15, 0.2) is 0 Å². The van der Waals surface area contributed by atoms with Crippen LogP contribution < -0.4 is 5.73 Å². The number of pyridine rings is 1. The molecule has 1 atom stereocenters. The fourth-order valence-corrected chi connectivity index (χ4v) is 2.09. The van der Waals surface area contributed by atoms with E-state index in [0.29, 0.717) is 25.5 Å². The summed E-state index contributed by atoms with van der Waals surface area (Å²) < 4.78 is 5.33. The molecule has 2 rings (SSSR count). The molecule has 6 nitrogen and oxygen atoms in total. The molecule has 0 radical (unpaired) electrons. The third-order valence-electron chi connectivity index (χ3n) is 3.08. The molecule has 1 aliphatic rings. The molecule has 0 spiro atoms. The van der Waals surface area contributed by atoms with Crippen LogP contribution in [0.1, 0.15) is 11.3 Å². The fraction of sp³-hybridized carbons (Fsp3) is 0.500. The van der Waals surface area contributed by atoms with Crippen LogP contribution in [0.25, 0.3) is 0 Å². The van der Waals surface area contributed by atoms with Crippen LogP contribution in [0.5, 0.6) is 0 Å². The highest BCUT2D eigenvalue weighted by Crippen LogP contribution is 2.14. The van der Waals surface area contributed by atoms with E-state index in [1.807, 2.05) is 12.1 Å². The van der Waals surface area contributed by atoms with Crippen molar-refractivity contribution in [1.82, 2.24) is 9.88 Å². The predicted octanol–water partition coefficient (Wildman–Crippen LogP) is -0.441. The lowest BCUT2D eigenvalue weighted by Crippen LogP contribution is -2.47. The molecule has 2 heterocycles. The molecule has 0 saturated carbocycles. The summed E-state index contributed by atoms with van der Waals surface area (Å²) in [4.78, 5) is 6.26. The number of nitrogens with zero attached hydrogens (tertiary/aromatic N) is 2. The number of rotatable bonds is 4. The van der Waals surface area contributed by atoms with Crippen LogP contribution in [0.4, 0.5) is 0 Å². The van der Waals surface area contributed by atoms with E-state index in [1.54, 1.807) is 6.20 Å². The molecule has 1 fully saturated rings. The number of aliphatic hydroxyl groups excluding tert-OH is 1. The number of ether oxygens (including phenoxy) is 1. The van der Waals surface area contributed by atoms with E-state index in [9.17, 15) is 5.11 Å². The van der Waals surface area contributed by atoms with Gasteiger partial charge >= 0.3 is 0 Å². The number of amidine groups is 1. The van der Waals surface area contributed by atoms with E-state index in [-0.39, 0.29) is 18.5 Å². The molecule has 1 aliphatic heterocycles. The van der Waals surface area contributed by atoms with Crippen LogP contribution in [0, 0.1) is 5.41 Å². The van der Waals surface area contributed by atoms with Crippen molar-refractivity contribution in [3.8, 4) is 0 Å². The number of nitrogen functional groups attached to an aromatic ring is 1. The Hall–Kier alpha value is -1.50. The number of nitrogens with one attached hydrogen (secondary N) is 1. The van der Waals surface area contributed by atoms with Crippen LogP contribution in [0.15, 0.2) is 18.3 Å². The molecule has 6 heteroatoms. The third kappa shape index (κ3) is 2.84. The van der Waals surface area contributed by atoms with Crippen molar-refractivity contribution in [2.45, 2.75) is 12.6 Å². The van der Waals surface area contributed by atoms with Gasteiger partial charge in [0.1, 0.15) is 11.5 Å². The van der Waals surface area contributed by atoms with Gasteiger partial charge in [-0.05, 0) is 11.6 Å². The van der Waals surface area contributed by atoms with Crippen molar-refractivity contribution in [3.05, 3.63) is 29.6 Å². The smallest absolute Gasteiger partial charge is 0.142 e. The predicted molar refractivity (Wildman–Crippen MR) is 67.4 cm³/mol. The van der Waals surface area contributed by atoms with E-state index < -0.39 is 0 Å². The number of nitrogens with two attached hydrogens (primary N) is 1. The highest BCUT2D eigenvalue weighted by Gasteiger charge is 2.23. The second kappa shape index (κ2) is 5.90. The van der Waals surface area contributed by atoms with Crippen LogP contribution in [0.2, 0.25) is 0 Å². The van der Waals surface area contributed by atoms with Crippen molar-refractivity contribution >= 4 is 5.84 Å². The third-order valence-corrected chi connectivity index (χ3v) is 3.08. The molecule has 98 valence electrons. The molecule has 0 aliphatic carbocycles. The Bertz CT molecular complexity index is 424. The monoisotopic (exact) mass is 250 g/mol. The van der Waals surface area contributed by atoms with E-state index in [0.717, 1.165) is 12.1 Å². The molecule has 0 bridgehead atoms. The maximum atomic E-state index is 9.31. The van der Waals surface area contributed by atoms with Gasteiger partial charge in [-0.15, -0.1) is 0 Å². The Morgan fingerprint density at radius 1 is 1.67 bits per heavy atom. The minimum atomic E-state index is -0.0283. The lowest BCUT2D eigenvalue weighted by molar-refractivity contribution is -0.0313. The SMILES string of the molecule is N=C(N)c1ncccc1CN1CCOCC1CO. The Labute approximate surface area is 106 Å². The molecule has 4 N–H and O–H groups in total. The molecule has 1 saturated heterocycles. The van der Waals surface area contributed by atoms with Crippen LogP contribution in [-0.2, 0) is 11.3 Å². The van der Waals surface area contributed by atoms with Crippen LogP contribution >= 0.6 is 0 Å². The van der Waals surface area contributed by atoms with E-state index in [4.69, 9.17) is 15.9 Å². The zero-order valence-corrected chi connectivity index (χ0v) is 10.2. The largest absolute Gasteiger partial charge is 0.395 e. The summed E-state index contributed by atoms with van der Waals surface area (Å²) in [6.45, 7) is 2.64. The first-order valence-electron chi connectivity index (χ1n) is 5.93. The quantitative estimate of drug-likeness (QED) is 0.497. The van der Waals surface area contributed by atoms with Crippen molar-refractivity contribution < 1.29 is 9.84 Å².